The summed E-state index contributed by atoms with van der Waals surface area (Å²) in [6, 6.07) is 9.39. The Bertz CT molecular complexity index is 975. The number of carbonyl (C=O) groups is 3. The molecule has 0 unspecified atom stereocenters. The summed E-state index contributed by atoms with van der Waals surface area (Å²) < 4.78 is 1.93. The van der Waals surface area contributed by atoms with E-state index >= 15 is 0 Å². The number of nitrogens with zero attached hydrogens (tertiary/aromatic N) is 2. The van der Waals surface area contributed by atoms with Crippen LogP contribution in [0.2, 0.25) is 0 Å². The Balaban J connectivity index is 1.70. The van der Waals surface area contributed by atoms with Gasteiger partial charge in [0.1, 0.15) is 6.54 Å². The summed E-state index contributed by atoms with van der Waals surface area (Å²) in [5.74, 6) is -0.851. The number of carbonyl (C=O) groups excluding carboxylic acids is 3. The number of hydrogen-bond acceptors (Lipinski definition) is 4. The number of thioether (sulfide) groups is 1. The molecule has 1 aromatic carbocycles. The molecule has 1 aliphatic heterocycles. The number of imide groups is 1. The molecular weight excluding hydrogens is 362 g/mol. The van der Waals surface area contributed by atoms with Gasteiger partial charge in [0.05, 0.1) is 4.91 Å². The third-order valence-electron chi connectivity index (χ3n) is 4.66. The highest BCUT2D eigenvalue weighted by molar-refractivity contribution is 8.18. The molecule has 0 atom stereocenters. The van der Waals surface area contributed by atoms with Crippen molar-refractivity contribution in [2.24, 2.45) is 7.05 Å². The maximum atomic E-state index is 12.6. The summed E-state index contributed by atoms with van der Waals surface area (Å²) in [6.07, 6.45) is 1.68. The Labute approximate surface area is 162 Å². The van der Waals surface area contributed by atoms with Gasteiger partial charge in [0.25, 0.3) is 11.1 Å². The van der Waals surface area contributed by atoms with Gasteiger partial charge in [-0.1, -0.05) is 6.07 Å². The Morgan fingerprint density at radius 1 is 1.11 bits per heavy atom. The van der Waals surface area contributed by atoms with Gasteiger partial charge in [0, 0.05) is 24.1 Å². The molecule has 0 aliphatic carbocycles. The molecule has 1 aliphatic rings. The number of aromatic nitrogens is 1. The van der Waals surface area contributed by atoms with Gasteiger partial charge in [0.15, 0.2) is 0 Å². The first-order valence-electron chi connectivity index (χ1n) is 8.51. The number of rotatable bonds is 4. The normalized spacial score (nSPS) is 15.7. The van der Waals surface area contributed by atoms with Crippen molar-refractivity contribution in [3.63, 3.8) is 0 Å². The quantitative estimate of drug-likeness (QED) is 0.819. The van der Waals surface area contributed by atoms with Crippen LogP contribution in [0.4, 0.5) is 10.5 Å². The first kappa shape index (κ1) is 19.0. The third kappa shape index (κ3) is 3.98. The topological polar surface area (TPSA) is 71.4 Å². The molecule has 0 radical (unpaired) electrons. The van der Waals surface area contributed by atoms with E-state index in [1.807, 2.05) is 56.7 Å². The molecule has 0 spiro atoms. The molecule has 7 heteroatoms. The van der Waals surface area contributed by atoms with Crippen LogP contribution in [0.1, 0.15) is 22.5 Å². The number of hydrogen-bond donors (Lipinski definition) is 1. The van der Waals surface area contributed by atoms with Crippen molar-refractivity contribution in [3.05, 3.63) is 57.8 Å². The van der Waals surface area contributed by atoms with Gasteiger partial charge in [-0.15, -0.1) is 0 Å². The van der Waals surface area contributed by atoms with E-state index < -0.39 is 17.1 Å². The van der Waals surface area contributed by atoms with Gasteiger partial charge < -0.3 is 9.88 Å². The Morgan fingerprint density at radius 3 is 2.48 bits per heavy atom. The van der Waals surface area contributed by atoms with Crippen LogP contribution in [0.15, 0.2) is 35.2 Å². The van der Waals surface area contributed by atoms with Crippen LogP contribution in [-0.2, 0) is 16.6 Å². The van der Waals surface area contributed by atoms with Gasteiger partial charge in [-0.2, -0.15) is 0 Å². The van der Waals surface area contributed by atoms with Gasteiger partial charge >= 0.3 is 0 Å². The molecule has 27 heavy (non-hydrogen) atoms. The summed E-state index contributed by atoms with van der Waals surface area (Å²) in [6.45, 7) is 5.60. The van der Waals surface area contributed by atoms with E-state index in [9.17, 15) is 14.4 Å². The molecule has 0 bridgehead atoms. The molecule has 1 saturated heterocycles. The summed E-state index contributed by atoms with van der Waals surface area (Å²) in [5.41, 5.74) is 4.70. The monoisotopic (exact) mass is 383 g/mol. The molecule has 1 N–H and O–H groups in total. The number of aryl methyl sites for hydroxylation is 3. The van der Waals surface area contributed by atoms with Crippen LogP contribution in [-0.4, -0.2) is 33.1 Å². The third-order valence-corrected chi connectivity index (χ3v) is 5.56. The average Bonchev–Trinajstić information content (AvgIpc) is 3.06. The smallest absolute Gasteiger partial charge is 0.294 e. The summed E-state index contributed by atoms with van der Waals surface area (Å²) >= 11 is 0.852. The number of anilines is 1. The molecule has 0 saturated carbocycles. The van der Waals surface area contributed by atoms with Crippen LogP contribution in [0, 0.1) is 20.8 Å². The largest absolute Gasteiger partial charge is 0.348 e. The van der Waals surface area contributed by atoms with E-state index in [2.05, 4.69) is 5.32 Å². The fraction of sp³-hybridized carbons (Fsp3) is 0.250. The van der Waals surface area contributed by atoms with Crippen molar-refractivity contribution in [3.8, 4) is 0 Å². The van der Waals surface area contributed by atoms with Crippen LogP contribution in [0.3, 0.4) is 0 Å². The van der Waals surface area contributed by atoms with Crippen LogP contribution in [0.25, 0.3) is 6.08 Å². The SMILES string of the molecule is Cc1ccc(NC(=O)CN2C(=O)S/C(=C\c3ccc(C)n3C)C2=O)cc1C. The zero-order valence-electron chi connectivity index (χ0n) is 15.7. The highest BCUT2D eigenvalue weighted by atomic mass is 32.2. The fourth-order valence-electron chi connectivity index (χ4n) is 2.71. The van der Waals surface area contributed by atoms with Crippen LogP contribution in [0.5, 0.6) is 0 Å². The lowest BCUT2D eigenvalue weighted by atomic mass is 10.1. The standard InChI is InChI=1S/C20H21N3O3S/c1-12-5-7-15(9-13(12)2)21-18(24)11-23-19(25)17(27-20(23)26)10-16-8-6-14(3)22(16)4/h5-10H,11H2,1-4H3,(H,21,24)/b17-10-. The highest BCUT2D eigenvalue weighted by Gasteiger charge is 2.36. The van der Waals surface area contributed by atoms with Gasteiger partial charge in [-0.25, -0.2) is 0 Å². The predicted octanol–water partition coefficient (Wildman–Crippen LogP) is 3.63. The van der Waals surface area contributed by atoms with Gasteiger partial charge in [-0.3, -0.25) is 19.3 Å². The van der Waals surface area contributed by atoms with E-state index in [0.717, 1.165) is 39.2 Å². The van der Waals surface area contributed by atoms with E-state index in [0.29, 0.717) is 10.6 Å². The van der Waals surface area contributed by atoms with Crippen molar-refractivity contribution in [1.29, 1.82) is 0 Å². The molecule has 1 aromatic heterocycles. The summed E-state index contributed by atoms with van der Waals surface area (Å²) in [4.78, 5) is 38.3. The van der Waals surface area contributed by atoms with Crippen LogP contribution < -0.4 is 5.32 Å². The molecule has 6 nitrogen and oxygen atoms in total. The zero-order chi connectivity index (χ0) is 19.7. The molecular formula is C20H21N3O3S. The first-order chi connectivity index (χ1) is 12.8. The fourth-order valence-corrected chi connectivity index (χ4v) is 3.54. The molecule has 3 amide bonds. The molecule has 140 valence electrons. The highest BCUT2D eigenvalue weighted by Crippen LogP contribution is 2.32. The minimum atomic E-state index is -0.445. The molecule has 2 heterocycles. The van der Waals surface area contributed by atoms with Crippen molar-refractivity contribution in [1.82, 2.24) is 9.47 Å². The van der Waals surface area contributed by atoms with Gasteiger partial charge in [0.2, 0.25) is 5.91 Å². The van der Waals surface area contributed by atoms with E-state index in [1.54, 1.807) is 12.1 Å². The predicted molar refractivity (Wildman–Crippen MR) is 107 cm³/mol. The second-order valence-electron chi connectivity index (χ2n) is 6.57. The molecule has 3 rings (SSSR count). The van der Waals surface area contributed by atoms with Crippen LogP contribution >= 0.6 is 11.8 Å². The van der Waals surface area contributed by atoms with Crippen molar-refractivity contribution in [2.45, 2.75) is 20.8 Å². The Hall–Kier alpha value is -2.80. The minimum Gasteiger partial charge on any atom is -0.348 e. The van der Waals surface area contributed by atoms with Crippen molar-refractivity contribution in [2.75, 3.05) is 11.9 Å². The maximum Gasteiger partial charge on any atom is 0.294 e. The van der Waals surface area contributed by atoms with E-state index in [4.69, 9.17) is 0 Å². The maximum absolute atomic E-state index is 12.6. The summed E-state index contributed by atoms with van der Waals surface area (Å²) in [5, 5.41) is 2.30. The number of benzene rings is 1. The van der Waals surface area contributed by atoms with Crippen molar-refractivity contribution < 1.29 is 14.4 Å². The van der Waals surface area contributed by atoms with Gasteiger partial charge in [-0.05, 0) is 74.0 Å². The minimum absolute atomic E-state index is 0.304. The second-order valence-corrected chi connectivity index (χ2v) is 7.57. The van der Waals surface area contributed by atoms with E-state index in [1.165, 1.54) is 0 Å². The second kappa shape index (κ2) is 7.44. The number of amides is 3. The number of nitrogens with one attached hydrogen (secondary N) is 1. The zero-order valence-corrected chi connectivity index (χ0v) is 16.5. The Kier molecular flexibility index (Phi) is 5.23. The lowest BCUT2D eigenvalue weighted by Crippen LogP contribution is -2.36. The average molecular weight is 383 g/mol. The summed E-state index contributed by atoms with van der Waals surface area (Å²) in [7, 11) is 1.89. The first-order valence-corrected chi connectivity index (χ1v) is 9.32. The molecule has 2 aromatic rings. The van der Waals surface area contributed by atoms with Crippen molar-refractivity contribution >= 4 is 40.6 Å². The van der Waals surface area contributed by atoms with E-state index in [-0.39, 0.29) is 6.54 Å². The Morgan fingerprint density at radius 2 is 1.85 bits per heavy atom. The molecule has 1 fully saturated rings. The lowest BCUT2D eigenvalue weighted by molar-refractivity contribution is -0.127. The lowest BCUT2D eigenvalue weighted by Gasteiger charge is -2.13.